The molecule has 0 heterocycles. The van der Waals surface area contributed by atoms with E-state index in [0.717, 1.165) is 34.9 Å². The Morgan fingerprint density at radius 2 is 1.66 bits per heavy atom. The Labute approximate surface area is 180 Å². The molecule has 0 atom stereocenters. The van der Waals surface area contributed by atoms with E-state index < -0.39 is 5.41 Å². The maximum absolute atomic E-state index is 12.6. The molecule has 0 saturated heterocycles. The van der Waals surface area contributed by atoms with Crippen LogP contribution in [0, 0.1) is 10.8 Å². The van der Waals surface area contributed by atoms with Gasteiger partial charge in [0.1, 0.15) is 5.75 Å². The standard InChI is InChI=1S/C25H35NO2S/c1-24(2,3)15-14-19-10-13-21(16-22(19)26-23(27)25(4,5)6)29-17-18-8-11-20(28-7)12-9-18/h8-13,16H,14-15,17H2,1-7H3,(H,26,27). The largest absolute Gasteiger partial charge is 0.497 e. The van der Waals surface area contributed by atoms with Gasteiger partial charge in [0, 0.05) is 21.8 Å². The van der Waals surface area contributed by atoms with Crippen molar-refractivity contribution in [3.63, 3.8) is 0 Å². The number of hydrogen-bond acceptors (Lipinski definition) is 3. The Hall–Kier alpha value is -1.94. The van der Waals surface area contributed by atoms with Gasteiger partial charge in [0.15, 0.2) is 0 Å². The van der Waals surface area contributed by atoms with Gasteiger partial charge >= 0.3 is 0 Å². The van der Waals surface area contributed by atoms with Gasteiger partial charge in [-0.3, -0.25) is 4.79 Å². The lowest BCUT2D eigenvalue weighted by molar-refractivity contribution is -0.123. The molecule has 0 saturated carbocycles. The second kappa shape index (κ2) is 9.71. The average Bonchev–Trinajstić information content (AvgIpc) is 2.64. The number of amides is 1. The van der Waals surface area contributed by atoms with E-state index in [1.54, 1.807) is 18.9 Å². The summed E-state index contributed by atoms with van der Waals surface area (Å²) in [6, 6.07) is 14.6. The van der Waals surface area contributed by atoms with Crippen molar-refractivity contribution in [3.8, 4) is 5.75 Å². The van der Waals surface area contributed by atoms with Gasteiger partial charge in [-0.15, -0.1) is 11.8 Å². The van der Waals surface area contributed by atoms with Crippen LogP contribution >= 0.6 is 11.8 Å². The molecule has 0 fully saturated rings. The molecule has 0 aliphatic carbocycles. The third kappa shape index (κ3) is 7.77. The number of carbonyl (C=O) groups is 1. The number of nitrogens with one attached hydrogen (secondary N) is 1. The molecule has 0 bridgehead atoms. The number of hydrogen-bond donors (Lipinski definition) is 1. The molecular formula is C25H35NO2S. The normalized spacial score (nSPS) is 12.0. The highest BCUT2D eigenvalue weighted by Gasteiger charge is 2.22. The Bertz CT molecular complexity index is 814. The van der Waals surface area contributed by atoms with Crippen molar-refractivity contribution in [2.45, 2.75) is 65.0 Å². The third-order valence-electron chi connectivity index (χ3n) is 4.72. The van der Waals surface area contributed by atoms with Gasteiger partial charge in [0.05, 0.1) is 7.11 Å². The molecule has 2 rings (SSSR count). The molecular weight excluding hydrogens is 378 g/mol. The molecule has 4 heteroatoms. The summed E-state index contributed by atoms with van der Waals surface area (Å²) in [6.45, 7) is 12.6. The van der Waals surface area contributed by atoms with Gasteiger partial charge in [0.25, 0.3) is 0 Å². The fourth-order valence-electron chi connectivity index (χ4n) is 2.69. The van der Waals surface area contributed by atoms with Crippen LogP contribution in [0.1, 0.15) is 59.1 Å². The third-order valence-corrected chi connectivity index (χ3v) is 5.78. The Kier molecular flexibility index (Phi) is 7.81. The van der Waals surface area contributed by atoms with Crippen LogP contribution in [0.2, 0.25) is 0 Å². The van der Waals surface area contributed by atoms with Crippen LogP contribution < -0.4 is 10.1 Å². The second-order valence-electron chi connectivity index (χ2n) is 9.72. The highest BCUT2D eigenvalue weighted by Crippen LogP contribution is 2.31. The quantitative estimate of drug-likeness (QED) is 0.499. The van der Waals surface area contributed by atoms with Crippen molar-refractivity contribution in [1.82, 2.24) is 0 Å². The Morgan fingerprint density at radius 1 is 1.00 bits per heavy atom. The highest BCUT2D eigenvalue weighted by molar-refractivity contribution is 7.98. The zero-order valence-electron chi connectivity index (χ0n) is 18.9. The van der Waals surface area contributed by atoms with Gasteiger partial charge in [-0.25, -0.2) is 0 Å². The zero-order chi connectivity index (χ0) is 21.7. The van der Waals surface area contributed by atoms with E-state index in [1.807, 2.05) is 32.9 Å². The van der Waals surface area contributed by atoms with Crippen LogP contribution in [0.3, 0.4) is 0 Å². The van der Waals surface area contributed by atoms with E-state index in [-0.39, 0.29) is 11.3 Å². The number of thioether (sulfide) groups is 1. The summed E-state index contributed by atoms with van der Waals surface area (Å²) in [5, 5.41) is 3.17. The zero-order valence-corrected chi connectivity index (χ0v) is 19.7. The lowest BCUT2D eigenvalue weighted by Crippen LogP contribution is -2.28. The first kappa shape index (κ1) is 23.3. The molecule has 2 aromatic carbocycles. The van der Waals surface area contributed by atoms with Gasteiger partial charge in [-0.2, -0.15) is 0 Å². The molecule has 0 unspecified atom stereocenters. The molecule has 158 valence electrons. The van der Waals surface area contributed by atoms with Crippen LogP contribution in [-0.4, -0.2) is 13.0 Å². The first-order valence-electron chi connectivity index (χ1n) is 10.2. The minimum atomic E-state index is -0.423. The van der Waals surface area contributed by atoms with Crippen LogP contribution in [0.5, 0.6) is 5.75 Å². The van der Waals surface area contributed by atoms with E-state index in [2.05, 4.69) is 56.4 Å². The van der Waals surface area contributed by atoms with E-state index >= 15 is 0 Å². The van der Waals surface area contributed by atoms with Crippen LogP contribution in [0.15, 0.2) is 47.4 Å². The minimum Gasteiger partial charge on any atom is -0.497 e. The molecule has 0 aliphatic rings. The fourth-order valence-corrected chi connectivity index (χ4v) is 3.58. The molecule has 1 amide bonds. The van der Waals surface area contributed by atoms with Crippen molar-refractivity contribution >= 4 is 23.4 Å². The van der Waals surface area contributed by atoms with Crippen LogP contribution in [-0.2, 0) is 17.0 Å². The summed E-state index contributed by atoms with van der Waals surface area (Å²) in [5.41, 5.74) is 3.22. The highest BCUT2D eigenvalue weighted by atomic mass is 32.2. The number of aryl methyl sites for hydroxylation is 1. The first-order valence-corrected chi connectivity index (χ1v) is 11.2. The smallest absolute Gasteiger partial charge is 0.229 e. The van der Waals surface area contributed by atoms with Gasteiger partial charge < -0.3 is 10.1 Å². The summed E-state index contributed by atoms with van der Waals surface area (Å²) in [7, 11) is 1.68. The molecule has 2 aromatic rings. The van der Waals surface area contributed by atoms with Crippen molar-refractivity contribution in [2.24, 2.45) is 10.8 Å². The number of ether oxygens (including phenoxy) is 1. The summed E-state index contributed by atoms with van der Waals surface area (Å²) in [6.07, 6.45) is 2.02. The predicted octanol–water partition coefficient (Wildman–Crippen LogP) is 6.95. The molecule has 1 N–H and O–H groups in total. The van der Waals surface area contributed by atoms with Crippen molar-refractivity contribution in [3.05, 3.63) is 53.6 Å². The maximum atomic E-state index is 12.6. The molecule has 29 heavy (non-hydrogen) atoms. The Morgan fingerprint density at radius 3 is 2.21 bits per heavy atom. The second-order valence-corrected chi connectivity index (χ2v) is 10.8. The number of anilines is 1. The van der Waals surface area contributed by atoms with E-state index in [1.165, 1.54) is 11.1 Å². The molecule has 0 spiro atoms. The SMILES string of the molecule is COc1ccc(CSc2ccc(CCC(C)(C)C)c(NC(=O)C(C)(C)C)c2)cc1. The lowest BCUT2D eigenvalue weighted by Gasteiger charge is -2.22. The lowest BCUT2D eigenvalue weighted by atomic mass is 9.88. The predicted molar refractivity (Wildman–Crippen MR) is 125 cm³/mol. The number of benzene rings is 2. The summed E-state index contributed by atoms with van der Waals surface area (Å²) in [5.74, 6) is 1.79. The van der Waals surface area contributed by atoms with Crippen molar-refractivity contribution < 1.29 is 9.53 Å². The number of carbonyl (C=O) groups excluding carboxylic acids is 1. The molecule has 0 aliphatic heterocycles. The summed E-state index contributed by atoms with van der Waals surface area (Å²) < 4.78 is 5.22. The van der Waals surface area contributed by atoms with Crippen LogP contribution in [0.25, 0.3) is 0 Å². The van der Waals surface area contributed by atoms with Crippen molar-refractivity contribution in [1.29, 1.82) is 0 Å². The molecule has 0 aromatic heterocycles. The summed E-state index contributed by atoms with van der Waals surface area (Å²) in [4.78, 5) is 13.8. The molecule has 3 nitrogen and oxygen atoms in total. The van der Waals surface area contributed by atoms with Crippen molar-refractivity contribution in [2.75, 3.05) is 12.4 Å². The monoisotopic (exact) mass is 413 g/mol. The summed E-state index contributed by atoms with van der Waals surface area (Å²) >= 11 is 1.78. The van der Waals surface area contributed by atoms with E-state index in [0.29, 0.717) is 0 Å². The van der Waals surface area contributed by atoms with E-state index in [4.69, 9.17) is 4.74 Å². The number of rotatable bonds is 7. The number of methoxy groups -OCH3 is 1. The maximum Gasteiger partial charge on any atom is 0.229 e. The Balaban J connectivity index is 2.17. The van der Waals surface area contributed by atoms with E-state index in [9.17, 15) is 4.79 Å². The van der Waals surface area contributed by atoms with Gasteiger partial charge in [0.2, 0.25) is 5.91 Å². The first-order chi connectivity index (χ1) is 13.5. The topological polar surface area (TPSA) is 38.3 Å². The minimum absolute atomic E-state index is 0.0480. The average molecular weight is 414 g/mol. The fraction of sp³-hybridized carbons (Fsp3) is 0.480. The van der Waals surface area contributed by atoms with Crippen LogP contribution in [0.4, 0.5) is 5.69 Å². The van der Waals surface area contributed by atoms with Gasteiger partial charge in [-0.05, 0) is 53.6 Å². The molecule has 0 radical (unpaired) electrons. The van der Waals surface area contributed by atoms with Gasteiger partial charge in [-0.1, -0.05) is 59.7 Å².